The van der Waals surface area contributed by atoms with E-state index in [1.54, 1.807) is 0 Å². The molecule has 2 aromatic heterocycles. The minimum Gasteiger partial charge on any atom is -0.355 e. The summed E-state index contributed by atoms with van der Waals surface area (Å²) in [6.07, 6.45) is 0. The molecule has 0 unspecified atom stereocenters. The molecule has 8 rings (SSSR count). The summed E-state index contributed by atoms with van der Waals surface area (Å²) in [6.45, 7) is 0. The highest BCUT2D eigenvalue weighted by atomic mass is 32.1. The molecule has 0 fully saturated rings. The summed E-state index contributed by atoms with van der Waals surface area (Å²) in [6, 6.07) is 50.0. The molecule has 1 N–H and O–H groups in total. The first-order valence-corrected chi connectivity index (χ1v) is 15.0. The van der Waals surface area contributed by atoms with Gasteiger partial charge in [0.2, 0.25) is 0 Å². The second-order valence-electron chi connectivity index (χ2n) is 9.93. The highest BCUT2D eigenvalue weighted by molar-refractivity contribution is 7.26. The Kier molecular flexibility index (Phi) is 5.54. The van der Waals surface area contributed by atoms with Crippen LogP contribution in [0.5, 0.6) is 0 Å². The molecule has 2 heterocycles. The lowest BCUT2D eigenvalue weighted by atomic mass is 10.1. The van der Waals surface area contributed by atoms with Crippen molar-refractivity contribution in [2.24, 2.45) is 0 Å². The maximum absolute atomic E-state index is 3.65. The first-order chi connectivity index (χ1) is 19.8. The van der Waals surface area contributed by atoms with Crippen molar-refractivity contribution in [2.75, 3.05) is 10.2 Å². The number of para-hydroxylation sites is 2. The lowest BCUT2D eigenvalue weighted by Gasteiger charge is -2.25. The van der Waals surface area contributed by atoms with Gasteiger partial charge in [-0.05, 0) is 66.7 Å². The fourth-order valence-electron chi connectivity index (χ4n) is 5.55. The van der Waals surface area contributed by atoms with E-state index in [9.17, 15) is 0 Å². The van der Waals surface area contributed by atoms with Gasteiger partial charge in [-0.1, -0.05) is 72.8 Å². The Morgan fingerprint density at radius 2 is 0.850 bits per heavy atom. The van der Waals surface area contributed by atoms with Crippen molar-refractivity contribution in [1.29, 1.82) is 0 Å². The second-order valence-corrected chi connectivity index (χ2v) is 12.1. The van der Waals surface area contributed by atoms with Crippen molar-refractivity contribution in [3.05, 3.63) is 140 Å². The van der Waals surface area contributed by atoms with Crippen LogP contribution in [0.1, 0.15) is 0 Å². The number of hydrogen-bond acceptors (Lipinski definition) is 4. The largest absolute Gasteiger partial charge is 0.355 e. The van der Waals surface area contributed by atoms with Crippen LogP contribution in [-0.4, -0.2) is 0 Å². The summed E-state index contributed by atoms with van der Waals surface area (Å²) in [5, 5.41) is 8.90. The Morgan fingerprint density at radius 3 is 1.48 bits per heavy atom. The third-order valence-corrected chi connectivity index (χ3v) is 9.66. The smallest absolute Gasteiger partial charge is 0.0476 e. The predicted molar refractivity (Wildman–Crippen MR) is 177 cm³/mol. The number of nitrogens with zero attached hydrogens (tertiary/aromatic N) is 1. The van der Waals surface area contributed by atoms with Crippen LogP contribution in [0.3, 0.4) is 0 Å². The van der Waals surface area contributed by atoms with E-state index < -0.39 is 0 Å². The fraction of sp³-hybridized carbons (Fsp3) is 0. The molecular formula is C36H24N2S2. The zero-order chi connectivity index (χ0) is 26.5. The Bertz CT molecular complexity index is 2100. The quantitative estimate of drug-likeness (QED) is 0.230. The number of anilines is 5. The Morgan fingerprint density at radius 1 is 0.375 bits per heavy atom. The molecule has 0 saturated heterocycles. The number of thiophene rings is 2. The molecule has 40 heavy (non-hydrogen) atoms. The van der Waals surface area contributed by atoms with E-state index in [2.05, 4.69) is 150 Å². The molecule has 0 aliphatic heterocycles. The van der Waals surface area contributed by atoms with Gasteiger partial charge in [-0.3, -0.25) is 0 Å². The van der Waals surface area contributed by atoms with E-state index >= 15 is 0 Å². The van der Waals surface area contributed by atoms with Crippen LogP contribution < -0.4 is 10.2 Å². The molecule has 0 amide bonds. The van der Waals surface area contributed by atoms with Crippen LogP contribution in [0.4, 0.5) is 28.4 Å². The minimum absolute atomic E-state index is 1.11. The first-order valence-electron chi connectivity index (χ1n) is 13.4. The Hall–Kier alpha value is -4.64. The summed E-state index contributed by atoms with van der Waals surface area (Å²) in [7, 11) is 0. The maximum atomic E-state index is 3.65. The molecule has 0 spiro atoms. The fourth-order valence-corrected chi connectivity index (χ4v) is 7.88. The summed E-state index contributed by atoms with van der Waals surface area (Å²) >= 11 is 3.70. The van der Waals surface area contributed by atoms with E-state index in [1.165, 1.54) is 40.3 Å². The molecule has 0 radical (unpaired) electrons. The lowest BCUT2D eigenvalue weighted by molar-refractivity contribution is 1.29. The van der Waals surface area contributed by atoms with Gasteiger partial charge in [0.05, 0.1) is 0 Å². The second kappa shape index (κ2) is 9.53. The Balaban J connectivity index is 1.16. The monoisotopic (exact) mass is 548 g/mol. The van der Waals surface area contributed by atoms with Crippen LogP contribution in [0.25, 0.3) is 40.3 Å². The summed E-state index contributed by atoms with van der Waals surface area (Å²) in [4.78, 5) is 2.32. The molecule has 2 nitrogen and oxygen atoms in total. The maximum Gasteiger partial charge on any atom is 0.0476 e. The van der Waals surface area contributed by atoms with E-state index in [1.807, 2.05) is 22.7 Å². The Labute approximate surface area is 240 Å². The number of nitrogens with one attached hydrogen (secondary N) is 1. The average molecular weight is 549 g/mol. The molecule has 8 aromatic rings. The van der Waals surface area contributed by atoms with Gasteiger partial charge in [-0.25, -0.2) is 0 Å². The number of benzene rings is 6. The van der Waals surface area contributed by atoms with Gasteiger partial charge >= 0.3 is 0 Å². The van der Waals surface area contributed by atoms with Crippen LogP contribution in [0, 0.1) is 0 Å². The van der Waals surface area contributed by atoms with Gasteiger partial charge in [0.1, 0.15) is 0 Å². The van der Waals surface area contributed by atoms with E-state index in [-0.39, 0.29) is 0 Å². The third kappa shape index (κ3) is 4.01. The van der Waals surface area contributed by atoms with E-state index in [0.29, 0.717) is 0 Å². The number of rotatable bonds is 5. The van der Waals surface area contributed by atoms with Crippen molar-refractivity contribution in [1.82, 2.24) is 0 Å². The third-order valence-electron chi connectivity index (χ3n) is 7.41. The normalized spacial score (nSPS) is 11.5. The predicted octanol–water partition coefficient (Wildman–Crippen LogP) is 11.6. The SMILES string of the molecule is c1ccc(N(c2ccccc2)c2ccc3c(c2)sc2cc(Nc4ccc5c(c4)sc4ccccc45)ccc23)cc1. The molecule has 0 aliphatic carbocycles. The van der Waals surface area contributed by atoms with E-state index in [4.69, 9.17) is 0 Å². The van der Waals surface area contributed by atoms with Crippen molar-refractivity contribution in [3.8, 4) is 0 Å². The van der Waals surface area contributed by atoms with Crippen LogP contribution in [0.15, 0.2) is 140 Å². The summed E-state index contributed by atoms with van der Waals surface area (Å²) in [5.41, 5.74) is 5.68. The van der Waals surface area contributed by atoms with Crippen LogP contribution in [-0.2, 0) is 0 Å². The summed E-state index contributed by atoms with van der Waals surface area (Å²) < 4.78 is 5.21. The molecule has 0 bridgehead atoms. The van der Waals surface area contributed by atoms with Crippen LogP contribution in [0.2, 0.25) is 0 Å². The molecule has 0 aliphatic rings. The average Bonchev–Trinajstić information content (AvgIpc) is 3.55. The minimum atomic E-state index is 1.11. The van der Waals surface area contributed by atoms with Crippen molar-refractivity contribution < 1.29 is 0 Å². The topological polar surface area (TPSA) is 15.3 Å². The van der Waals surface area contributed by atoms with Gasteiger partial charge in [-0.15, -0.1) is 22.7 Å². The van der Waals surface area contributed by atoms with Gasteiger partial charge in [0, 0.05) is 68.8 Å². The summed E-state index contributed by atoms with van der Waals surface area (Å²) in [5.74, 6) is 0. The van der Waals surface area contributed by atoms with Gasteiger partial charge in [0.25, 0.3) is 0 Å². The van der Waals surface area contributed by atoms with Gasteiger partial charge in [0.15, 0.2) is 0 Å². The van der Waals surface area contributed by atoms with Crippen molar-refractivity contribution in [3.63, 3.8) is 0 Å². The van der Waals surface area contributed by atoms with Crippen LogP contribution >= 0.6 is 22.7 Å². The molecular weight excluding hydrogens is 525 g/mol. The molecule has 0 atom stereocenters. The molecule has 0 saturated carbocycles. The van der Waals surface area contributed by atoms with Gasteiger partial charge in [-0.2, -0.15) is 0 Å². The first kappa shape index (κ1) is 23.3. The number of fused-ring (bicyclic) bond motifs is 6. The molecule has 6 aromatic carbocycles. The highest BCUT2D eigenvalue weighted by Gasteiger charge is 2.14. The molecule has 4 heteroatoms. The van der Waals surface area contributed by atoms with Crippen molar-refractivity contribution in [2.45, 2.75) is 0 Å². The van der Waals surface area contributed by atoms with Gasteiger partial charge < -0.3 is 10.2 Å². The molecule has 190 valence electrons. The van der Waals surface area contributed by atoms with Crippen molar-refractivity contribution >= 4 is 91.5 Å². The van der Waals surface area contributed by atoms with E-state index in [0.717, 1.165) is 28.4 Å². The standard InChI is InChI=1S/C36H24N2S2/c1-3-9-26(10-4-1)38(27-11-5-2-6-12-27)28-17-20-32-31-19-16-25(22-35(31)40-36(32)23-28)37-24-15-18-30-29-13-7-8-14-33(29)39-34(30)21-24/h1-23,37H. The zero-order valence-corrected chi connectivity index (χ0v) is 23.2. The lowest BCUT2D eigenvalue weighted by Crippen LogP contribution is -2.09. The number of hydrogen-bond donors (Lipinski definition) is 1. The highest BCUT2D eigenvalue weighted by Crippen LogP contribution is 2.41. The zero-order valence-electron chi connectivity index (χ0n) is 21.5.